The maximum Gasteiger partial charge on any atom is 0.254 e. The second-order valence-corrected chi connectivity index (χ2v) is 7.23. The predicted molar refractivity (Wildman–Crippen MR) is 114 cm³/mol. The highest BCUT2D eigenvalue weighted by Crippen LogP contribution is 2.28. The summed E-state index contributed by atoms with van der Waals surface area (Å²) < 4.78 is 12.3. The van der Waals surface area contributed by atoms with Crippen molar-refractivity contribution in [3.8, 4) is 23.0 Å². The summed E-state index contributed by atoms with van der Waals surface area (Å²) in [6.45, 7) is 5.04. The number of ether oxygens (including phenoxy) is 2. The Balaban J connectivity index is 1.94. The molecule has 0 atom stereocenters. The van der Waals surface area contributed by atoms with Gasteiger partial charge in [0, 0.05) is 25.4 Å². The van der Waals surface area contributed by atoms with E-state index in [9.17, 15) is 4.79 Å². The van der Waals surface area contributed by atoms with Crippen molar-refractivity contribution in [2.45, 2.75) is 26.9 Å². The van der Waals surface area contributed by atoms with Crippen LogP contribution in [0.3, 0.4) is 0 Å². The van der Waals surface area contributed by atoms with Gasteiger partial charge in [-0.25, -0.2) is 9.97 Å². The van der Waals surface area contributed by atoms with Gasteiger partial charge < -0.3 is 14.8 Å². The molecule has 0 saturated carbocycles. The summed E-state index contributed by atoms with van der Waals surface area (Å²) in [6, 6.07) is 9.43. The molecule has 8 nitrogen and oxygen atoms in total. The smallest absolute Gasteiger partial charge is 0.254 e. The number of aromatic nitrogens is 4. The molecule has 1 aromatic carbocycles. The number of benzene rings is 1. The summed E-state index contributed by atoms with van der Waals surface area (Å²) >= 11 is 0. The van der Waals surface area contributed by atoms with Gasteiger partial charge in [0.2, 0.25) is 0 Å². The number of para-hydroxylation sites is 1. The average Bonchev–Trinajstić information content (AvgIpc) is 3.17. The zero-order valence-corrected chi connectivity index (χ0v) is 17.8. The van der Waals surface area contributed by atoms with Gasteiger partial charge in [-0.15, -0.1) is 0 Å². The van der Waals surface area contributed by atoms with Crippen molar-refractivity contribution >= 4 is 5.91 Å². The maximum absolute atomic E-state index is 12.7. The summed E-state index contributed by atoms with van der Waals surface area (Å²) in [5.41, 5.74) is 2.58. The van der Waals surface area contributed by atoms with E-state index in [-0.39, 0.29) is 12.5 Å². The number of rotatable bonds is 9. The largest absolute Gasteiger partial charge is 0.496 e. The third-order valence-electron chi connectivity index (χ3n) is 4.62. The van der Waals surface area contributed by atoms with Crippen molar-refractivity contribution in [3.63, 3.8) is 0 Å². The van der Waals surface area contributed by atoms with Gasteiger partial charge in [0.1, 0.15) is 5.75 Å². The Morgan fingerprint density at radius 1 is 1.20 bits per heavy atom. The minimum Gasteiger partial charge on any atom is -0.496 e. The molecule has 0 bridgehead atoms. The zero-order chi connectivity index (χ0) is 21.5. The lowest BCUT2D eigenvalue weighted by molar-refractivity contribution is 0.0946. The molecule has 0 aliphatic carbocycles. The summed E-state index contributed by atoms with van der Waals surface area (Å²) in [6.07, 6.45) is 4.09. The van der Waals surface area contributed by atoms with Crippen LogP contribution in [0.25, 0.3) is 17.2 Å². The monoisotopic (exact) mass is 409 g/mol. The van der Waals surface area contributed by atoms with Gasteiger partial charge in [0.05, 0.1) is 36.9 Å². The number of nitrogens with zero attached hydrogens (tertiary/aromatic N) is 4. The number of methoxy groups -OCH3 is 2. The fourth-order valence-electron chi connectivity index (χ4n) is 3.04. The van der Waals surface area contributed by atoms with Crippen LogP contribution in [0, 0.1) is 5.92 Å². The highest BCUT2D eigenvalue weighted by Gasteiger charge is 2.20. The Morgan fingerprint density at radius 3 is 2.73 bits per heavy atom. The van der Waals surface area contributed by atoms with Crippen molar-refractivity contribution in [1.29, 1.82) is 0 Å². The standard InChI is InChI=1S/C22H27N5O3/c1-15(2)9-11-23-21(28)17-13-25-27(19(17)14-29-3)22-24-12-10-18(26-22)16-7-5-6-8-20(16)30-4/h5-8,10,12-13,15H,9,11,14H2,1-4H3,(H,23,28). The summed E-state index contributed by atoms with van der Waals surface area (Å²) in [4.78, 5) is 21.7. The predicted octanol–water partition coefficient (Wildman–Crippen LogP) is 3.26. The molecule has 0 fully saturated rings. The number of carbonyl (C=O) groups is 1. The highest BCUT2D eigenvalue weighted by molar-refractivity contribution is 5.95. The SMILES string of the molecule is COCc1c(C(=O)NCCC(C)C)cnn1-c1nccc(-c2ccccc2OC)n1. The Labute approximate surface area is 176 Å². The molecule has 0 radical (unpaired) electrons. The molecule has 3 aromatic rings. The Bertz CT molecular complexity index is 1000. The quantitative estimate of drug-likeness (QED) is 0.583. The first-order valence-electron chi connectivity index (χ1n) is 9.86. The molecular formula is C22H27N5O3. The molecule has 0 aliphatic rings. The van der Waals surface area contributed by atoms with Crippen LogP contribution >= 0.6 is 0 Å². The lowest BCUT2D eigenvalue weighted by Crippen LogP contribution is -2.26. The normalized spacial score (nSPS) is 11.0. The van der Waals surface area contributed by atoms with Crippen LogP contribution < -0.4 is 10.1 Å². The number of hydrogen-bond donors (Lipinski definition) is 1. The zero-order valence-electron chi connectivity index (χ0n) is 17.8. The molecule has 30 heavy (non-hydrogen) atoms. The second kappa shape index (κ2) is 9.98. The van der Waals surface area contributed by atoms with E-state index in [2.05, 4.69) is 34.2 Å². The molecule has 0 saturated heterocycles. The van der Waals surface area contributed by atoms with Gasteiger partial charge in [-0.2, -0.15) is 9.78 Å². The van der Waals surface area contributed by atoms with Crippen LogP contribution in [0.1, 0.15) is 36.3 Å². The van der Waals surface area contributed by atoms with Crippen LogP contribution in [0.15, 0.2) is 42.7 Å². The first-order chi connectivity index (χ1) is 14.5. The van der Waals surface area contributed by atoms with Crippen molar-refractivity contribution in [2.24, 2.45) is 5.92 Å². The van der Waals surface area contributed by atoms with E-state index in [0.717, 1.165) is 12.0 Å². The van der Waals surface area contributed by atoms with Crippen molar-refractivity contribution in [2.75, 3.05) is 20.8 Å². The fourth-order valence-corrected chi connectivity index (χ4v) is 3.04. The highest BCUT2D eigenvalue weighted by atomic mass is 16.5. The van der Waals surface area contributed by atoms with E-state index in [1.54, 1.807) is 31.2 Å². The van der Waals surface area contributed by atoms with Gasteiger partial charge in [-0.3, -0.25) is 4.79 Å². The molecule has 2 heterocycles. The van der Waals surface area contributed by atoms with Crippen LogP contribution in [0.4, 0.5) is 0 Å². The van der Waals surface area contributed by atoms with Crippen LogP contribution in [0.5, 0.6) is 5.75 Å². The van der Waals surface area contributed by atoms with Crippen LogP contribution in [0.2, 0.25) is 0 Å². The third kappa shape index (κ3) is 4.83. The Kier molecular flexibility index (Phi) is 7.13. The maximum atomic E-state index is 12.7. The fraction of sp³-hybridized carbons (Fsp3) is 0.364. The first-order valence-corrected chi connectivity index (χ1v) is 9.86. The molecular weight excluding hydrogens is 382 g/mol. The topological polar surface area (TPSA) is 91.2 Å². The van der Waals surface area contributed by atoms with Gasteiger partial charge >= 0.3 is 0 Å². The first kappa shape index (κ1) is 21.4. The minimum atomic E-state index is -0.185. The molecule has 158 valence electrons. The van der Waals surface area contributed by atoms with Gasteiger partial charge in [-0.1, -0.05) is 26.0 Å². The summed E-state index contributed by atoms with van der Waals surface area (Å²) in [7, 11) is 3.19. The van der Waals surface area contributed by atoms with Crippen molar-refractivity contribution in [3.05, 3.63) is 54.0 Å². The Morgan fingerprint density at radius 2 is 2.00 bits per heavy atom. The third-order valence-corrected chi connectivity index (χ3v) is 4.62. The summed E-state index contributed by atoms with van der Waals surface area (Å²) in [5.74, 6) is 1.39. The number of carbonyl (C=O) groups excluding carboxylic acids is 1. The van der Waals surface area contributed by atoms with Gasteiger partial charge in [-0.05, 0) is 30.5 Å². The summed E-state index contributed by atoms with van der Waals surface area (Å²) in [5, 5.41) is 7.31. The van der Waals surface area contributed by atoms with E-state index in [4.69, 9.17) is 9.47 Å². The molecule has 0 unspecified atom stereocenters. The molecule has 3 rings (SSSR count). The van der Waals surface area contributed by atoms with Crippen molar-refractivity contribution in [1.82, 2.24) is 25.1 Å². The molecule has 1 N–H and O–H groups in total. The number of amides is 1. The number of nitrogens with one attached hydrogen (secondary N) is 1. The van der Waals surface area contributed by atoms with Crippen LogP contribution in [-0.2, 0) is 11.3 Å². The molecule has 2 aromatic heterocycles. The van der Waals surface area contributed by atoms with E-state index >= 15 is 0 Å². The molecule has 0 aliphatic heterocycles. The van der Waals surface area contributed by atoms with E-state index in [1.165, 1.54) is 6.20 Å². The van der Waals surface area contributed by atoms with Crippen molar-refractivity contribution < 1.29 is 14.3 Å². The lowest BCUT2D eigenvalue weighted by atomic mass is 10.1. The minimum absolute atomic E-state index is 0.185. The number of hydrogen-bond acceptors (Lipinski definition) is 6. The Hall–Kier alpha value is -3.26. The molecule has 8 heteroatoms. The lowest BCUT2D eigenvalue weighted by Gasteiger charge is -2.11. The van der Waals surface area contributed by atoms with E-state index in [0.29, 0.717) is 41.1 Å². The van der Waals surface area contributed by atoms with E-state index < -0.39 is 0 Å². The molecule has 1 amide bonds. The van der Waals surface area contributed by atoms with Crippen LogP contribution in [-0.4, -0.2) is 46.4 Å². The van der Waals surface area contributed by atoms with Gasteiger partial charge in [0.15, 0.2) is 0 Å². The molecule has 0 spiro atoms. The van der Waals surface area contributed by atoms with Gasteiger partial charge in [0.25, 0.3) is 11.9 Å². The second-order valence-electron chi connectivity index (χ2n) is 7.23. The van der Waals surface area contributed by atoms with E-state index in [1.807, 2.05) is 24.3 Å². The average molecular weight is 409 g/mol.